The maximum absolute atomic E-state index is 12.5. The SMILES string of the molecule is CN(CCCc1cc(-c2ccccc2)n[nH]1)C(=O)CCC(=O)c1ccc2c(c1)CCC2. The molecule has 1 aromatic heterocycles. The Bertz CT molecular complexity index is 1060. The molecule has 31 heavy (non-hydrogen) atoms. The summed E-state index contributed by atoms with van der Waals surface area (Å²) < 4.78 is 0. The van der Waals surface area contributed by atoms with Gasteiger partial charge in [-0.1, -0.05) is 42.5 Å². The lowest BCUT2D eigenvalue weighted by molar-refractivity contribution is -0.129. The summed E-state index contributed by atoms with van der Waals surface area (Å²) in [6.07, 6.45) is 5.53. The van der Waals surface area contributed by atoms with Gasteiger partial charge in [0.1, 0.15) is 0 Å². The number of aromatic amines is 1. The van der Waals surface area contributed by atoms with Crippen molar-refractivity contribution in [3.63, 3.8) is 0 Å². The fourth-order valence-electron chi connectivity index (χ4n) is 4.18. The van der Waals surface area contributed by atoms with Crippen LogP contribution >= 0.6 is 0 Å². The van der Waals surface area contributed by atoms with E-state index in [4.69, 9.17) is 0 Å². The Morgan fingerprint density at radius 3 is 2.65 bits per heavy atom. The predicted octanol–water partition coefficient (Wildman–Crippen LogP) is 4.62. The zero-order chi connectivity index (χ0) is 21.6. The number of fused-ring (bicyclic) bond motifs is 1. The average molecular weight is 416 g/mol. The highest BCUT2D eigenvalue weighted by Crippen LogP contribution is 2.23. The molecule has 1 aliphatic carbocycles. The van der Waals surface area contributed by atoms with Gasteiger partial charge in [-0.2, -0.15) is 5.10 Å². The summed E-state index contributed by atoms with van der Waals surface area (Å²) in [5.41, 5.74) is 6.48. The van der Waals surface area contributed by atoms with Gasteiger partial charge in [-0.3, -0.25) is 14.7 Å². The molecule has 1 amide bonds. The standard InChI is InChI=1S/C26H29N3O2/c1-29(16-6-11-23-18-24(28-27-23)20-7-3-2-4-8-20)26(31)15-14-25(30)22-13-12-19-9-5-10-21(19)17-22/h2-4,7-8,12-13,17-18H,5-6,9-11,14-16H2,1H3,(H,27,28). The van der Waals surface area contributed by atoms with Gasteiger partial charge in [-0.05, 0) is 55.4 Å². The van der Waals surface area contributed by atoms with Crippen LogP contribution < -0.4 is 0 Å². The highest BCUT2D eigenvalue weighted by Gasteiger charge is 2.16. The van der Waals surface area contributed by atoms with Gasteiger partial charge >= 0.3 is 0 Å². The second-order valence-corrected chi connectivity index (χ2v) is 8.32. The molecule has 160 valence electrons. The number of ketones is 1. The number of aryl methyl sites for hydroxylation is 3. The van der Waals surface area contributed by atoms with Crippen molar-refractivity contribution in [2.24, 2.45) is 0 Å². The average Bonchev–Trinajstić information content (AvgIpc) is 3.46. The predicted molar refractivity (Wildman–Crippen MR) is 122 cm³/mol. The molecule has 5 nitrogen and oxygen atoms in total. The highest BCUT2D eigenvalue weighted by molar-refractivity contribution is 5.98. The van der Waals surface area contributed by atoms with Gasteiger partial charge in [-0.15, -0.1) is 0 Å². The van der Waals surface area contributed by atoms with E-state index in [1.807, 2.05) is 49.5 Å². The molecule has 4 rings (SSSR count). The Balaban J connectivity index is 1.20. The van der Waals surface area contributed by atoms with Gasteiger partial charge in [0.25, 0.3) is 0 Å². The molecule has 0 spiro atoms. The third-order valence-corrected chi connectivity index (χ3v) is 6.05. The van der Waals surface area contributed by atoms with Crippen molar-refractivity contribution in [2.75, 3.05) is 13.6 Å². The largest absolute Gasteiger partial charge is 0.346 e. The van der Waals surface area contributed by atoms with Crippen LogP contribution in [0.3, 0.4) is 0 Å². The molecule has 0 fully saturated rings. The maximum Gasteiger partial charge on any atom is 0.222 e. The number of nitrogens with zero attached hydrogens (tertiary/aromatic N) is 2. The molecule has 2 aromatic carbocycles. The number of hydrogen-bond acceptors (Lipinski definition) is 3. The van der Waals surface area contributed by atoms with E-state index in [0.29, 0.717) is 6.54 Å². The van der Waals surface area contributed by atoms with Crippen LogP contribution in [0.2, 0.25) is 0 Å². The van der Waals surface area contributed by atoms with Crippen LogP contribution in [0.25, 0.3) is 11.3 Å². The summed E-state index contributed by atoms with van der Waals surface area (Å²) in [5.74, 6) is 0.0754. The third-order valence-electron chi connectivity index (χ3n) is 6.05. The van der Waals surface area contributed by atoms with E-state index in [9.17, 15) is 9.59 Å². The number of carbonyl (C=O) groups is 2. The Kier molecular flexibility index (Phi) is 6.60. The first-order chi connectivity index (χ1) is 15.1. The van der Waals surface area contributed by atoms with Crippen molar-refractivity contribution in [3.05, 3.63) is 77.0 Å². The minimum atomic E-state index is 0.0177. The second-order valence-electron chi connectivity index (χ2n) is 8.32. The zero-order valence-corrected chi connectivity index (χ0v) is 18.1. The van der Waals surface area contributed by atoms with Crippen LogP contribution in [0.4, 0.5) is 0 Å². The Morgan fingerprint density at radius 2 is 1.81 bits per heavy atom. The molecule has 0 bridgehead atoms. The number of H-pyrrole nitrogens is 1. The number of amides is 1. The number of rotatable bonds is 9. The summed E-state index contributed by atoms with van der Waals surface area (Å²) in [6, 6.07) is 18.1. The molecule has 3 aromatic rings. The second kappa shape index (κ2) is 9.73. The molecule has 0 aliphatic heterocycles. The summed E-state index contributed by atoms with van der Waals surface area (Å²) in [7, 11) is 1.81. The Labute approximate surface area is 183 Å². The molecule has 1 N–H and O–H groups in total. The van der Waals surface area contributed by atoms with Crippen LogP contribution in [0, 0.1) is 0 Å². The summed E-state index contributed by atoms with van der Waals surface area (Å²) in [6.45, 7) is 0.658. The normalized spacial score (nSPS) is 12.5. The fourth-order valence-corrected chi connectivity index (χ4v) is 4.18. The zero-order valence-electron chi connectivity index (χ0n) is 18.1. The molecule has 1 aliphatic rings. The number of aromatic nitrogens is 2. The molecule has 0 saturated carbocycles. The van der Waals surface area contributed by atoms with E-state index in [0.717, 1.165) is 48.2 Å². The van der Waals surface area contributed by atoms with E-state index in [-0.39, 0.29) is 24.5 Å². The molecule has 0 radical (unpaired) electrons. The van der Waals surface area contributed by atoms with Crippen molar-refractivity contribution in [2.45, 2.75) is 44.9 Å². The van der Waals surface area contributed by atoms with Crippen LogP contribution in [0.15, 0.2) is 54.6 Å². The maximum atomic E-state index is 12.5. The number of carbonyl (C=O) groups excluding carboxylic acids is 2. The van der Waals surface area contributed by atoms with Gasteiger partial charge in [0, 0.05) is 43.3 Å². The molecule has 1 heterocycles. The van der Waals surface area contributed by atoms with E-state index >= 15 is 0 Å². The van der Waals surface area contributed by atoms with Crippen molar-refractivity contribution < 1.29 is 9.59 Å². The van der Waals surface area contributed by atoms with Gasteiger partial charge < -0.3 is 4.90 Å². The van der Waals surface area contributed by atoms with Crippen LogP contribution in [0.1, 0.15) is 52.9 Å². The van der Waals surface area contributed by atoms with E-state index in [2.05, 4.69) is 22.3 Å². The first-order valence-corrected chi connectivity index (χ1v) is 11.1. The van der Waals surface area contributed by atoms with Crippen LogP contribution in [-0.2, 0) is 24.1 Å². The summed E-state index contributed by atoms with van der Waals surface area (Å²) in [4.78, 5) is 26.7. The van der Waals surface area contributed by atoms with Crippen LogP contribution in [-0.4, -0.2) is 40.4 Å². The van der Waals surface area contributed by atoms with E-state index in [1.165, 1.54) is 17.5 Å². The van der Waals surface area contributed by atoms with Crippen molar-refractivity contribution in [1.82, 2.24) is 15.1 Å². The summed E-state index contributed by atoms with van der Waals surface area (Å²) in [5, 5.41) is 7.46. The smallest absolute Gasteiger partial charge is 0.222 e. The lowest BCUT2D eigenvalue weighted by Crippen LogP contribution is -2.28. The number of benzene rings is 2. The topological polar surface area (TPSA) is 66.1 Å². The van der Waals surface area contributed by atoms with Crippen molar-refractivity contribution >= 4 is 11.7 Å². The number of Topliss-reactive ketones (excluding diaryl/α,β-unsaturated/α-hetero) is 1. The quantitative estimate of drug-likeness (QED) is 0.519. The van der Waals surface area contributed by atoms with Crippen molar-refractivity contribution in [1.29, 1.82) is 0 Å². The molecule has 5 heteroatoms. The minimum Gasteiger partial charge on any atom is -0.346 e. The molecule has 0 saturated heterocycles. The van der Waals surface area contributed by atoms with E-state index < -0.39 is 0 Å². The van der Waals surface area contributed by atoms with E-state index in [1.54, 1.807) is 4.90 Å². The van der Waals surface area contributed by atoms with Gasteiger partial charge in [0.15, 0.2) is 5.78 Å². The van der Waals surface area contributed by atoms with Gasteiger partial charge in [0.2, 0.25) is 5.91 Å². The summed E-state index contributed by atoms with van der Waals surface area (Å²) >= 11 is 0. The molecular weight excluding hydrogens is 386 g/mol. The monoisotopic (exact) mass is 415 g/mol. The number of hydrogen-bond donors (Lipinski definition) is 1. The lowest BCUT2D eigenvalue weighted by Gasteiger charge is -2.16. The number of nitrogens with one attached hydrogen (secondary N) is 1. The molecule has 0 atom stereocenters. The first kappa shape index (κ1) is 21.0. The van der Waals surface area contributed by atoms with Gasteiger partial charge in [-0.25, -0.2) is 0 Å². The first-order valence-electron chi connectivity index (χ1n) is 11.1. The Morgan fingerprint density at radius 1 is 1.00 bits per heavy atom. The lowest BCUT2D eigenvalue weighted by atomic mass is 10.0. The molecular formula is C26H29N3O2. The Hall–Kier alpha value is -3.21. The van der Waals surface area contributed by atoms with Crippen molar-refractivity contribution in [3.8, 4) is 11.3 Å². The van der Waals surface area contributed by atoms with Crippen LogP contribution in [0.5, 0.6) is 0 Å². The minimum absolute atomic E-state index is 0.0177. The fraction of sp³-hybridized carbons (Fsp3) is 0.346. The molecule has 0 unspecified atom stereocenters. The van der Waals surface area contributed by atoms with Gasteiger partial charge in [0.05, 0.1) is 5.69 Å². The highest BCUT2D eigenvalue weighted by atomic mass is 16.2. The third kappa shape index (κ3) is 5.29.